The molecule has 1 aliphatic heterocycles. The maximum absolute atomic E-state index is 14.1. The monoisotopic (exact) mass is 608 g/mol. The number of rotatable bonds is 6. The van der Waals surface area contributed by atoms with Gasteiger partial charge in [-0.3, -0.25) is 0 Å². The Morgan fingerprint density at radius 1 is 0.889 bits per heavy atom. The van der Waals surface area contributed by atoms with Crippen molar-refractivity contribution in [3.8, 4) is 22.6 Å². The number of alkyl halides is 3. The second kappa shape index (κ2) is 10.7. The Morgan fingerprint density at radius 3 is 2.24 bits per heavy atom. The van der Waals surface area contributed by atoms with E-state index in [1.165, 1.54) is 12.1 Å². The van der Waals surface area contributed by atoms with Crippen LogP contribution in [-0.4, -0.2) is 20.3 Å². The van der Waals surface area contributed by atoms with Crippen molar-refractivity contribution in [1.29, 1.82) is 0 Å². The Hall–Kier alpha value is -4.29. The summed E-state index contributed by atoms with van der Waals surface area (Å²) >= 11 is 0. The average Bonchev–Trinajstić information content (AvgIpc) is 3.38. The zero-order chi connectivity index (χ0) is 31.6. The highest BCUT2D eigenvalue weighted by atomic mass is 19.4. The van der Waals surface area contributed by atoms with Gasteiger partial charge in [-0.2, -0.15) is 13.2 Å². The van der Waals surface area contributed by atoms with Crippen LogP contribution >= 0.6 is 0 Å². The first-order valence-corrected chi connectivity index (χ1v) is 15.5. The first kappa shape index (κ1) is 29.4. The van der Waals surface area contributed by atoms with E-state index in [1.807, 2.05) is 42.5 Å². The van der Waals surface area contributed by atoms with E-state index in [0.29, 0.717) is 19.3 Å². The van der Waals surface area contributed by atoms with Gasteiger partial charge in [-0.15, -0.1) is 0 Å². The minimum Gasteiger partial charge on any atom is -0.497 e. The number of methoxy groups -OCH3 is 2. The summed E-state index contributed by atoms with van der Waals surface area (Å²) in [7, 11) is 3.34. The largest absolute Gasteiger partial charge is 0.497 e. The number of hydrogen-bond donors (Lipinski definition) is 0. The Balaban J connectivity index is 1.57. The van der Waals surface area contributed by atoms with Crippen molar-refractivity contribution in [2.24, 2.45) is 0 Å². The van der Waals surface area contributed by atoms with Gasteiger partial charge in [0.25, 0.3) is 0 Å². The van der Waals surface area contributed by atoms with Crippen LogP contribution in [0.1, 0.15) is 66.5 Å². The van der Waals surface area contributed by atoms with E-state index >= 15 is 0 Å². The number of benzene rings is 4. The molecule has 2 atom stereocenters. The number of fused-ring (bicyclic) bond motifs is 8. The number of hydrogen-bond acceptors (Lipinski definition) is 3. The van der Waals surface area contributed by atoms with E-state index < -0.39 is 22.8 Å². The SMILES string of the molecule is CCC1(CC)c2cc(C(F)(F)F)ccc2-c2c1c1c(c3c2=CCC(OC)C=3)OC(c2ccccc2)(c2ccc(OC)cc2)C=C1. The molecule has 0 N–H and O–H groups in total. The van der Waals surface area contributed by atoms with Crippen molar-refractivity contribution in [2.45, 2.75) is 56.4 Å². The molecule has 4 aromatic carbocycles. The third kappa shape index (κ3) is 4.29. The molecule has 0 fully saturated rings. The van der Waals surface area contributed by atoms with E-state index in [1.54, 1.807) is 20.3 Å². The summed E-state index contributed by atoms with van der Waals surface area (Å²) < 4.78 is 60.8. The molecular weight excluding hydrogens is 573 g/mol. The van der Waals surface area contributed by atoms with E-state index in [4.69, 9.17) is 14.2 Å². The van der Waals surface area contributed by atoms with Crippen LogP contribution in [-0.2, 0) is 21.9 Å². The molecule has 6 heteroatoms. The molecule has 4 aromatic rings. The fraction of sp³-hybridized carbons (Fsp3) is 0.282. The Bertz CT molecular complexity index is 1940. The molecule has 3 aliphatic rings. The van der Waals surface area contributed by atoms with Crippen LogP contribution in [0.3, 0.4) is 0 Å². The van der Waals surface area contributed by atoms with Crippen LogP contribution < -0.4 is 19.9 Å². The molecule has 0 saturated carbocycles. The smallest absolute Gasteiger partial charge is 0.416 e. The first-order valence-electron chi connectivity index (χ1n) is 15.5. The summed E-state index contributed by atoms with van der Waals surface area (Å²) in [6.07, 6.45) is 5.88. The molecule has 2 unspecified atom stereocenters. The van der Waals surface area contributed by atoms with Crippen LogP contribution in [0.15, 0.2) is 78.9 Å². The lowest BCUT2D eigenvalue weighted by molar-refractivity contribution is -0.137. The summed E-state index contributed by atoms with van der Waals surface area (Å²) in [4.78, 5) is 0. The Kier molecular flexibility index (Phi) is 6.97. The highest BCUT2D eigenvalue weighted by Crippen LogP contribution is 2.56. The summed E-state index contributed by atoms with van der Waals surface area (Å²) in [6.45, 7) is 4.15. The molecule has 1 heterocycles. The maximum Gasteiger partial charge on any atom is 0.416 e. The van der Waals surface area contributed by atoms with Gasteiger partial charge in [-0.05, 0) is 83.2 Å². The van der Waals surface area contributed by atoms with Gasteiger partial charge in [0.15, 0.2) is 5.60 Å². The van der Waals surface area contributed by atoms with Crippen molar-refractivity contribution in [3.63, 3.8) is 0 Å². The van der Waals surface area contributed by atoms with E-state index in [2.05, 4.69) is 50.3 Å². The first-order chi connectivity index (χ1) is 21.7. The van der Waals surface area contributed by atoms with E-state index in [0.717, 1.165) is 60.9 Å². The van der Waals surface area contributed by atoms with Gasteiger partial charge in [0.05, 0.1) is 18.8 Å². The molecule has 0 spiro atoms. The van der Waals surface area contributed by atoms with Crippen molar-refractivity contribution in [3.05, 3.63) is 123 Å². The Morgan fingerprint density at radius 2 is 1.60 bits per heavy atom. The van der Waals surface area contributed by atoms with E-state index in [-0.39, 0.29) is 6.10 Å². The number of halogens is 3. The molecular formula is C39H35F3O3. The van der Waals surface area contributed by atoms with Gasteiger partial charge in [-0.25, -0.2) is 0 Å². The highest BCUT2D eigenvalue weighted by Gasteiger charge is 2.47. The minimum absolute atomic E-state index is 0.156. The highest BCUT2D eigenvalue weighted by molar-refractivity contribution is 5.89. The molecule has 7 rings (SSSR count). The topological polar surface area (TPSA) is 27.7 Å². The molecule has 45 heavy (non-hydrogen) atoms. The van der Waals surface area contributed by atoms with Crippen LogP contribution in [0.2, 0.25) is 0 Å². The average molecular weight is 609 g/mol. The van der Waals surface area contributed by atoms with Gasteiger partial charge < -0.3 is 14.2 Å². The van der Waals surface area contributed by atoms with Crippen LogP contribution in [0.4, 0.5) is 13.2 Å². The van der Waals surface area contributed by atoms with Crippen molar-refractivity contribution >= 4 is 18.2 Å². The van der Waals surface area contributed by atoms with E-state index in [9.17, 15) is 13.2 Å². The fourth-order valence-electron chi connectivity index (χ4n) is 7.71. The predicted octanol–water partition coefficient (Wildman–Crippen LogP) is 8.13. The zero-order valence-corrected chi connectivity index (χ0v) is 25.8. The normalized spacial score (nSPS) is 20.6. The van der Waals surface area contributed by atoms with Crippen molar-refractivity contribution in [2.75, 3.05) is 14.2 Å². The lowest BCUT2D eigenvalue weighted by atomic mass is 9.71. The van der Waals surface area contributed by atoms with Crippen LogP contribution in [0.25, 0.3) is 29.4 Å². The lowest BCUT2D eigenvalue weighted by Crippen LogP contribution is -2.42. The van der Waals surface area contributed by atoms with Gasteiger partial charge in [0.1, 0.15) is 11.5 Å². The Labute approximate surface area is 261 Å². The molecule has 230 valence electrons. The van der Waals surface area contributed by atoms with Crippen LogP contribution in [0, 0.1) is 0 Å². The van der Waals surface area contributed by atoms with Crippen molar-refractivity contribution in [1.82, 2.24) is 0 Å². The molecule has 0 saturated heterocycles. The van der Waals surface area contributed by atoms with Gasteiger partial charge in [0, 0.05) is 34.4 Å². The van der Waals surface area contributed by atoms with Crippen LogP contribution in [0.5, 0.6) is 11.5 Å². The molecule has 2 aliphatic carbocycles. The maximum atomic E-state index is 14.1. The summed E-state index contributed by atoms with van der Waals surface area (Å²) in [5.41, 5.74) is 4.28. The van der Waals surface area contributed by atoms with Gasteiger partial charge in [-0.1, -0.05) is 74.5 Å². The standard InChI is InChI=1S/C39H35F3O3/c1-5-37(6-2)33-22-26(39(40,41)42)14-18-30(33)34-29-19-17-28(44-4)23-32(29)36-31(35(34)37)20-21-38(45-36,24-10-8-7-9-11-24)25-12-15-27(43-3)16-13-25/h7-16,18-23,28H,5-6,17H2,1-4H3. The third-order valence-electron chi connectivity index (χ3n) is 10.1. The molecule has 0 aromatic heterocycles. The molecule has 0 amide bonds. The minimum atomic E-state index is -4.43. The second-order valence-electron chi connectivity index (χ2n) is 12.0. The molecule has 0 bridgehead atoms. The summed E-state index contributed by atoms with van der Waals surface area (Å²) in [6, 6.07) is 22.3. The number of ether oxygens (including phenoxy) is 3. The lowest BCUT2D eigenvalue weighted by Gasteiger charge is -2.39. The zero-order valence-electron chi connectivity index (χ0n) is 25.8. The molecule has 0 radical (unpaired) electrons. The van der Waals surface area contributed by atoms with Gasteiger partial charge in [0.2, 0.25) is 0 Å². The molecule has 3 nitrogen and oxygen atoms in total. The fourth-order valence-corrected chi connectivity index (χ4v) is 7.71. The summed E-state index contributed by atoms with van der Waals surface area (Å²) in [5, 5.41) is 1.91. The van der Waals surface area contributed by atoms with Gasteiger partial charge >= 0.3 is 6.18 Å². The quantitative estimate of drug-likeness (QED) is 0.221. The second-order valence-corrected chi connectivity index (χ2v) is 12.0. The third-order valence-corrected chi connectivity index (χ3v) is 10.1. The van der Waals surface area contributed by atoms with Crippen molar-refractivity contribution < 1.29 is 27.4 Å². The predicted molar refractivity (Wildman–Crippen MR) is 172 cm³/mol. The summed E-state index contributed by atoms with van der Waals surface area (Å²) in [5.74, 6) is 1.47.